The van der Waals surface area contributed by atoms with Gasteiger partial charge in [0.2, 0.25) is 21.8 Å². The zero-order valence-corrected chi connectivity index (χ0v) is 21.7. The molecule has 0 spiro atoms. The van der Waals surface area contributed by atoms with E-state index in [9.17, 15) is 22.4 Å². The molecule has 0 unspecified atom stereocenters. The molecule has 0 aromatic heterocycles. The van der Waals surface area contributed by atoms with Crippen molar-refractivity contribution in [3.63, 3.8) is 0 Å². The Labute approximate surface area is 208 Å². The van der Waals surface area contributed by atoms with E-state index in [2.05, 4.69) is 23.9 Å². The second-order valence-electron chi connectivity index (χ2n) is 8.94. The number of rotatable bonds is 13. The van der Waals surface area contributed by atoms with Crippen molar-refractivity contribution >= 4 is 21.8 Å². The number of hydrogen-bond donors (Lipinski definition) is 2. The number of hydrogen-bond acceptors (Lipinski definition) is 4. The molecule has 2 aromatic carbocycles. The Morgan fingerprint density at radius 3 is 2.14 bits per heavy atom. The highest BCUT2D eigenvalue weighted by Gasteiger charge is 2.26. The zero-order valence-electron chi connectivity index (χ0n) is 20.9. The van der Waals surface area contributed by atoms with Gasteiger partial charge in [-0.1, -0.05) is 45.0 Å². The number of carbonyl (C=O) groups excluding carboxylic acids is 2. The van der Waals surface area contributed by atoms with Gasteiger partial charge in [0.15, 0.2) is 0 Å². The highest BCUT2D eigenvalue weighted by Crippen LogP contribution is 2.16. The molecule has 2 amide bonds. The third kappa shape index (κ3) is 9.07. The molecular weight excluding hydrogens is 469 g/mol. The summed E-state index contributed by atoms with van der Waals surface area (Å²) in [7, 11) is -3.54. The van der Waals surface area contributed by atoms with Crippen molar-refractivity contribution in [1.82, 2.24) is 14.9 Å². The normalized spacial score (nSPS) is 12.4. The molecule has 1 atom stereocenters. The second kappa shape index (κ2) is 13.3. The average Bonchev–Trinajstić information content (AvgIpc) is 2.81. The van der Waals surface area contributed by atoms with Crippen molar-refractivity contribution < 1.29 is 22.4 Å². The van der Waals surface area contributed by atoms with Crippen LogP contribution < -0.4 is 10.0 Å². The summed E-state index contributed by atoms with van der Waals surface area (Å²) < 4.78 is 40.0. The van der Waals surface area contributed by atoms with Crippen molar-refractivity contribution in [1.29, 1.82) is 0 Å². The minimum absolute atomic E-state index is 0.143. The fourth-order valence-corrected chi connectivity index (χ4v) is 4.55. The summed E-state index contributed by atoms with van der Waals surface area (Å²) in [5.74, 6) is -0.378. The van der Waals surface area contributed by atoms with E-state index in [1.165, 1.54) is 29.2 Å². The van der Waals surface area contributed by atoms with E-state index in [-0.39, 0.29) is 35.5 Å². The molecule has 0 aliphatic heterocycles. The lowest BCUT2D eigenvalue weighted by molar-refractivity contribution is -0.140. The molecule has 0 fully saturated rings. The van der Waals surface area contributed by atoms with Gasteiger partial charge in [0.05, 0.1) is 4.90 Å². The molecule has 0 heterocycles. The number of benzene rings is 2. The van der Waals surface area contributed by atoms with Gasteiger partial charge in [0.25, 0.3) is 0 Å². The first-order valence-corrected chi connectivity index (χ1v) is 13.4. The molecule has 192 valence electrons. The van der Waals surface area contributed by atoms with Crippen LogP contribution in [-0.4, -0.2) is 44.3 Å². The first-order valence-electron chi connectivity index (χ1n) is 11.9. The molecule has 2 N–H and O–H groups in total. The maximum Gasteiger partial charge on any atom is 0.242 e. The first kappa shape index (κ1) is 28.5. The molecule has 35 heavy (non-hydrogen) atoms. The van der Waals surface area contributed by atoms with E-state index < -0.39 is 16.1 Å². The van der Waals surface area contributed by atoms with Crippen LogP contribution in [0.3, 0.4) is 0 Å². The molecule has 7 nitrogen and oxygen atoms in total. The molecule has 0 saturated heterocycles. The average molecular weight is 506 g/mol. The van der Waals surface area contributed by atoms with E-state index in [0.717, 1.165) is 17.5 Å². The number of amides is 2. The Bertz CT molecular complexity index is 1070. The smallest absolute Gasteiger partial charge is 0.242 e. The topological polar surface area (TPSA) is 95.6 Å². The fraction of sp³-hybridized carbons (Fsp3) is 0.462. The number of carbonyl (C=O) groups is 2. The number of halogens is 1. The maximum absolute atomic E-state index is 13.3. The van der Waals surface area contributed by atoms with Gasteiger partial charge in [-0.05, 0) is 61.1 Å². The molecule has 0 radical (unpaired) electrons. The fourth-order valence-electron chi connectivity index (χ4n) is 3.50. The third-order valence-electron chi connectivity index (χ3n) is 5.65. The molecule has 0 aliphatic rings. The van der Waals surface area contributed by atoms with E-state index in [1.807, 2.05) is 0 Å². The summed E-state index contributed by atoms with van der Waals surface area (Å²) in [6.07, 6.45) is 1.37. The van der Waals surface area contributed by atoms with E-state index in [0.29, 0.717) is 25.4 Å². The molecule has 0 bridgehead atoms. The van der Waals surface area contributed by atoms with Crippen LogP contribution in [-0.2, 0) is 32.6 Å². The van der Waals surface area contributed by atoms with Crippen LogP contribution in [0.2, 0.25) is 0 Å². The van der Waals surface area contributed by atoms with Crippen LogP contribution in [0.5, 0.6) is 0 Å². The lowest BCUT2D eigenvalue weighted by atomic mass is 10.1. The largest absolute Gasteiger partial charge is 0.354 e. The Hall–Kier alpha value is -2.78. The molecule has 0 saturated carbocycles. The lowest BCUT2D eigenvalue weighted by Crippen LogP contribution is -2.48. The van der Waals surface area contributed by atoms with Crippen molar-refractivity contribution in [2.24, 2.45) is 5.92 Å². The highest BCUT2D eigenvalue weighted by atomic mass is 32.2. The van der Waals surface area contributed by atoms with Gasteiger partial charge in [-0.2, -0.15) is 0 Å². The van der Waals surface area contributed by atoms with Crippen molar-refractivity contribution in [3.8, 4) is 0 Å². The minimum Gasteiger partial charge on any atom is -0.354 e. The number of nitrogens with one attached hydrogen (secondary N) is 2. The summed E-state index contributed by atoms with van der Waals surface area (Å²) in [5.41, 5.74) is 1.53. The highest BCUT2D eigenvalue weighted by molar-refractivity contribution is 7.89. The number of nitrogens with zero attached hydrogens (tertiary/aromatic N) is 1. The SMILES string of the molecule is CCNS(=O)(=O)c1ccc(CCC(=O)N(Cc2ccc(F)cc2)[C@H](C)C(=O)NCCC(C)C)cc1. The third-order valence-corrected chi connectivity index (χ3v) is 7.21. The lowest BCUT2D eigenvalue weighted by Gasteiger charge is -2.29. The second-order valence-corrected chi connectivity index (χ2v) is 10.7. The Morgan fingerprint density at radius 1 is 0.971 bits per heavy atom. The Morgan fingerprint density at radius 2 is 1.57 bits per heavy atom. The van der Waals surface area contributed by atoms with Crippen molar-refractivity contribution in [3.05, 3.63) is 65.5 Å². The predicted molar refractivity (Wildman–Crippen MR) is 135 cm³/mol. The summed E-state index contributed by atoms with van der Waals surface area (Å²) in [6, 6.07) is 11.5. The predicted octanol–water partition coefficient (Wildman–Crippen LogP) is 3.64. The van der Waals surface area contributed by atoms with Gasteiger partial charge in [-0.25, -0.2) is 17.5 Å². The van der Waals surface area contributed by atoms with Crippen molar-refractivity contribution in [2.45, 2.75) is 64.4 Å². The van der Waals surface area contributed by atoms with Crippen LogP contribution >= 0.6 is 0 Å². The van der Waals surface area contributed by atoms with E-state index in [1.54, 1.807) is 38.1 Å². The Balaban J connectivity index is 2.10. The van der Waals surface area contributed by atoms with Gasteiger partial charge < -0.3 is 10.2 Å². The van der Waals surface area contributed by atoms with Crippen LogP contribution in [0.1, 0.15) is 51.7 Å². The van der Waals surface area contributed by atoms with E-state index >= 15 is 0 Å². The molecule has 0 aliphatic carbocycles. The summed E-state index contributed by atoms with van der Waals surface area (Å²) >= 11 is 0. The standard InChI is InChI=1S/C26H36FN3O4S/c1-5-29-35(33,34)24-13-8-21(9-14-24)10-15-25(31)30(18-22-6-11-23(27)12-7-22)20(4)26(32)28-17-16-19(2)3/h6-9,11-14,19-20,29H,5,10,15-18H2,1-4H3,(H,28,32)/t20-/m1/s1. The summed E-state index contributed by atoms with van der Waals surface area (Å²) in [6.45, 7) is 8.54. The van der Waals surface area contributed by atoms with Crippen molar-refractivity contribution in [2.75, 3.05) is 13.1 Å². The number of sulfonamides is 1. The van der Waals surface area contributed by atoms with E-state index in [4.69, 9.17) is 0 Å². The maximum atomic E-state index is 13.3. The van der Waals surface area contributed by atoms with Gasteiger partial charge in [-0.15, -0.1) is 0 Å². The molecular formula is C26H36FN3O4S. The van der Waals surface area contributed by atoms with Crippen LogP contribution in [0, 0.1) is 11.7 Å². The van der Waals surface area contributed by atoms with Gasteiger partial charge in [0, 0.05) is 26.1 Å². The monoisotopic (exact) mass is 505 g/mol. The van der Waals surface area contributed by atoms with Crippen LogP contribution in [0.15, 0.2) is 53.4 Å². The first-order chi connectivity index (χ1) is 16.5. The minimum atomic E-state index is -3.54. The number of aryl methyl sites for hydroxylation is 1. The van der Waals surface area contributed by atoms with Crippen LogP contribution in [0.4, 0.5) is 4.39 Å². The van der Waals surface area contributed by atoms with Gasteiger partial charge in [-0.3, -0.25) is 9.59 Å². The zero-order chi connectivity index (χ0) is 26.0. The van der Waals surface area contributed by atoms with Gasteiger partial charge in [0.1, 0.15) is 11.9 Å². The summed E-state index contributed by atoms with van der Waals surface area (Å²) in [5, 5.41) is 2.89. The molecule has 2 rings (SSSR count). The molecule has 2 aromatic rings. The quantitative estimate of drug-likeness (QED) is 0.435. The van der Waals surface area contributed by atoms with Crippen LogP contribution in [0.25, 0.3) is 0 Å². The van der Waals surface area contributed by atoms with Gasteiger partial charge >= 0.3 is 0 Å². The molecule has 9 heteroatoms. The Kier molecular flexibility index (Phi) is 10.9. The summed E-state index contributed by atoms with van der Waals surface area (Å²) in [4.78, 5) is 27.6.